The van der Waals surface area contributed by atoms with Crippen molar-refractivity contribution >= 4 is 34.0 Å². The number of anilines is 1. The first-order valence-corrected chi connectivity index (χ1v) is 10.2. The number of benzene rings is 1. The van der Waals surface area contributed by atoms with Crippen LogP contribution in [0.25, 0.3) is 10.6 Å². The van der Waals surface area contributed by atoms with Gasteiger partial charge in [0.1, 0.15) is 0 Å². The number of hydrogen-bond donors (Lipinski definition) is 1. The van der Waals surface area contributed by atoms with Gasteiger partial charge in [0.15, 0.2) is 11.5 Å². The van der Waals surface area contributed by atoms with E-state index in [0.717, 1.165) is 39.2 Å². The number of rotatable bonds is 9. The summed E-state index contributed by atoms with van der Waals surface area (Å²) in [6, 6.07) is 9.88. The molecule has 0 atom stereocenters. The molecule has 0 aliphatic carbocycles. The highest BCUT2D eigenvalue weighted by atomic mass is 32.1. The Balaban J connectivity index is 1.65. The summed E-state index contributed by atoms with van der Waals surface area (Å²) in [5, 5.41) is 9.11. The minimum atomic E-state index is 0.589. The Morgan fingerprint density at radius 2 is 2.08 bits per heavy atom. The Morgan fingerprint density at radius 1 is 1.15 bits per heavy atom. The Kier molecular flexibility index (Phi) is 6.62. The Labute approximate surface area is 161 Å². The van der Waals surface area contributed by atoms with E-state index in [-0.39, 0.29) is 0 Å². The lowest BCUT2D eigenvalue weighted by Gasteiger charge is -2.11. The molecule has 2 aromatic heterocycles. The fraction of sp³-hybridized carbons (Fsp3) is 0.263. The van der Waals surface area contributed by atoms with Crippen molar-refractivity contribution < 1.29 is 9.47 Å². The van der Waals surface area contributed by atoms with Crippen molar-refractivity contribution in [1.29, 1.82) is 0 Å². The van der Waals surface area contributed by atoms with E-state index in [9.17, 15) is 0 Å². The van der Waals surface area contributed by atoms with Gasteiger partial charge in [-0.05, 0) is 48.6 Å². The van der Waals surface area contributed by atoms with Crippen molar-refractivity contribution in [1.82, 2.24) is 4.98 Å². The number of nitrogens with one attached hydrogen (secondary N) is 1. The largest absolute Gasteiger partial charge is 0.490 e. The number of hydrazone groups is 1. The zero-order valence-electron chi connectivity index (χ0n) is 14.8. The third kappa shape index (κ3) is 4.83. The van der Waals surface area contributed by atoms with Gasteiger partial charge in [-0.15, -0.1) is 22.7 Å². The molecule has 0 amide bonds. The van der Waals surface area contributed by atoms with Crippen LogP contribution >= 0.6 is 22.7 Å². The molecule has 3 aromatic rings. The van der Waals surface area contributed by atoms with E-state index in [1.54, 1.807) is 17.6 Å². The van der Waals surface area contributed by atoms with Crippen LogP contribution < -0.4 is 14.9 Å². The van der Waals surface area contributed by atoms with Gasteiger partial charge in [0, 0.05) is 5.38 Å². The quantitative estimate of drug-likeness (QED) is 0.389. The molecular weight excluding hydrogens is 366 g/mol. The highest BCUT2D eigenvalue weighted by Gasteiger charge is 2.06. The lowest BCUT2D eigenvalue weighted by Crippen LogP contribution is -2.00. The summed E-state index contributed by atoms with van der Waals surface area (Å²) in [6.45, 7) is 5.30. The second kappa shape index (κ2) is 9.35. The summed E-state index contributed by atoms with van der Waals surface area (Å²) >= 11 is 3.21. The standard InChI is InChI=1S/C19H21N3O2S2/c1-3-9-24-16-8-7-14(11-17(16)23-4-2)12-20-22-19-21-15(13-26-19)18-6-5-10-25-18/h5-8,10-13H,3-4,9H2,1-2H3,(H,21,22)/b20-12-. The van der Waals surface area contributed by atoms with Gasteiger partial charge in [-0.3, -0.25) is 5.43 Å². The van der Waals surface area contributed by atoms with Crippen LogP contribution in [0.4, 0.5) is 5.13 Å². The second-order valence-electron chi connectivity index (χ2n) is 5.37. The summed E-state index contributed by atoms with van der Waals surface area (Å²) < 4.78 is 11.4. The maximum Gasteiger partial charge on any atom is 0.203 e. The first-order valence-electron chi connectivity index (χ1n) is 8.48. The third-order valence-corrected chi connectivity index (χ3v) is 5.02. The third-order valence-electron chi connectivity index (χ3n) is 3.38. The lowest BCUT2D eigenvalue weighted by atomic mass is 10.2. The topological polar surface area (TPSA) is 55.7 Å². The second-order valence-corrected chi connectivity index (χ2v) is 7.18. The van der Waals surface area contributed by atoms with Crippen molar-refractivity contribution in [3.63, 3.8) is 0 Å². The summed E-state index contributed by atoms with van der Waals surface area (Å²) in [5.74, 6) is 1.50. The van der Waals surface area contributed by atoms with Gasteiger partial charge in [-0.25, -0.2) is 4.98 Å². The summed E-state index contributed by atoms with van der Waals surface area (Å²) in [7, 11) is 0. The number of thiazole rings is 1. The zero-order chi connectivity index (χ0) is 18.2. The minimum absolute atomic E-state index is 0.589. The van der Waals surface area contributed by atoms with Gasteiger partial charge >= 0.3 is 0 Å². The van der Waals surface area contributed by atoms with Crippen molar-refractivity contribution in [2.24, 2.45) is 5.10 Å². The molecule has 3 rings (SSSR count). The monoisotopic (exact) mass is 387 g/mol. The number of hydrogen-bond acceptors (Lipinski definition) is 7. The van der Waals surface area contributed by atoms with E-state index >= 15 is 0 Å². The molecule has 7 heteroatoms. The molecule has 0 aliphatic rings. The summed E-state index contributed by atoms with van der Waals surface area (Å²) in [5.41, 5.74) is 4.89. The minimum Gasteiger partial charge on any atom is -0.490 e. The molecule has 0 radical (unpaired) electrons. The number of nitrogens with zero attached hydrogens (tertiary/aromatic N) is 2. The molecule has 0 saturated heterocycles. The van der Waals surface area contributed by atoms with E-state index in [4.69, 9.17) is 9.47 Å². The molecule has 0 fully saturated rings. The van der Waals surface area contributed by atoms with E-state index in [1.807, 2.05) is 41.9 Å². The molecule has 5 nitrogen and oxygen atoms in total. The number of aromatic nitrogens is 1. The lowest BCUT2D eigenvalue weighted by molar-refractivity contribution is 0.277. The normalized spacial score (nSPS) is 11.0. The molecule has 0 aliphatic heterocycles. The van der Waals surface area contributed by atoms with E-state index in [0.29, 0.717) is 13.2 Å². The van der Waals surface area contributed by atoms with E-state index in [2.05, 4.69) is 28.5 Å². The van der Waals surface area contributed by atoms with Gasteiger partial charge in [-0.2, -0.15) is 5.10 Å². The van der Waals surface area contributed by atoms with E-state index in [1.165, 1.54) is 11.3 Å². The number of thiophene rings is 1. The maximum absolute atomic E-state index is 5.71. The summed E-state index contributed by atoms with van der Waals surface area (Å²) in [4.78, 5) is 5.69. The Morgan fingerprint density at radius 3 is 2.85 bits per heavy atom. The fourth-order valence-electron chi connectivity index (χ4n) is 2.23. The van der Waals surface area contributed by atoms with Crippen LogP contribution in [-0.2, 0) is 0 Å². The van der Waals surface area contributed by atoms with Crippen LogP contribution in [0.2, 0.25) is 0 Å². The van der Waals surface area contributed by atoms with Gasteiger partial charge < -0.3 is 9.47 Å². The molecule has 136 valence electrons. The molecule has 1 N–H and O–H groups in total. The van der Waals surface area contributed by atoms with Crippen molar-refractivity contribution in [2.75, 3.05) is 18.6 Å². The molecule has 0 bridgehead atoms. The van der Waals surface area contributed by atoms with Crippen LogP contribution in [0.3, 0.4) is 0 Å². The summed E-state index contributed by atoms with van der Waals surface area (Å²) in [6.07, 6.45) is 2.71. The number of ether oxygens (including phenoxy) is 2. The highest BCUT2D eigenvalue weighted by molar-refractivity contribution is 7.15. The smallest absolute Gasteiger partial charge is 0.203 e. The first kappa shape index (κ1) is 18.4. The van der Waals surface area contributed by atoms with Crippen LogP contribution in [0.5, 0.6) is 11.5 Å². The van der Waals surface area contributed by atoms with Crippen molar-refractivity contribution in [3.05, 3.63) is 46.7 Å². The van der Waals surface area contributed by atoms with Crippen LogP contribution in [0, 0.1) is 0 Å². The zero-order valence-corrected chi connectivity index (χ0v) is 16.4. The maximum atomic E-state index is 5.71. The van der Waals surface area contributed by atoms with E-state index < -0.39 is 0 Å². The highest BCUT2D eigenvalue weighted by Crippen LogP contribution is 2.29. The van der Waals surface area contributed by atoms with Crippen LogP contribution in [0.1, 0.15) is 25.8 Å². The van der Waals surface area contributed by atoms with Crippen LogP contribution in [0.15, 0.2) is 46.2 Å². The van der Waals surface area contributed by atoms with Gasteiger partial charge in [-0.1, -0.05) is 13.0 Å². The molecule has 2 heterocycles. The predicted molar refractivity (Wildman–Crippen MR) is 110 cm³/mol. The molecule has 0 spiro atoms. The van der Waals surface area contributed by atoms with Gasteiger partial charge in [0.05, 0.1) is 30.0 Å². The van der Waals surface area contributed by atoms with Gasteiger partial charge in [0.25, 0.3) is 0 Å². The molecule has 1 aromatic carbocycles. The van der Waals surface area contributed by atoms with Crippen molar-refractivity contribution in [2.45, 2.75) is 20.3 Å². The molecule has 26 heavy (non-hydrogen) atoms. The average Bonchev–Trinajstić information content (AvgIpc) is 3.33. The SMILES string of the molecule is CCCOc1ccc(/C=N\Nc2nc(-c3cccs3)cs2)cc1OCC. The van der Waals surface area contributed by atoms with Gasteiger partial charge in [0.2, 0.25) is 5.13 Å². The fourth-order valence-corrected chi connectivity index (χ4v) is 3.65. The molecule has 0 saturated carbocycles. The predicted octanol–water partition coefficient (Wildman–Crippen LogP) is 5.51. The first-order chi connectivity index (χ1) is 12.8. The van der Waals surface area contributed by atoms with Crippen LogP contribution in [-0.4, -0.2) is 24.4 Å². The average molecular weight is 388 g/mol. The Hall–Kier alpha value is -2.38. The molecular formula is C19H21N3O2S2. The molecule has 0 unspecified atom stereocenters. The van der Waals surface area contributed by atoms with Crippen molar-refractivity contribution in [3.8, 4) is 22.1 Å². The Bertz CT molecular complexity index is 844.